The molecule has 1 atom stereocenters. The van der Waals surface area contributed by atoms with E-state index in [9.17, 15) is 14.4 Å². The Morgan fingerprint density at radius 1 is 0.971 bits per heavy atom. The van der Waals surface area contributed by atoms with Gasteiger partial charge in [-0.2, -0.15) is 0 Å². The van der Waals surface area contributed by atoms with Crippen LogP contribution in [0.5, 0.6) is 0 Å². The Morgan fingerprint density at radius 2 is 1.60 bits per heavy atom. The first kappa shape index (κ1) is 26.5. The van der Waals surface area contributed by atoms with E-state index in [0.717, 1.165) is 24.8 Å². The first-order valence-corrected chi connectivity index (χ1v) is 12.7. The van der Waals surface area contributed by atoms with Crippen LogP contribution in [0.2, 0.25) is 0 Å². The van der Waals surface area contributed by atoms with E-state index in [1.807, 2.05) is 66.4 Å². The monoisotopic (exact) mass is 477 g/mol. The maximum atomic E-state index is 13.0. The fourth-order valence-corrected chi connectivity index (χ4v) is 4.52. The number of likely N-dealkylation sites (tertiary alicyclic amines) is 1. The highest BCUT2D eigenvalue weighted by Gasteiger charge is 2.28. The van der Waals surface area contributed by atoms with Crippen LogP contribution in [0.3, 0.4) is 0 Å². The molecule has 3 amide bonds. The molecule has 0 saturated carbocycles. The van der Waals surface area contributed by atoms with E-state index in [2.05, 4.69) is 31.4 Å². The van der Waals surface area contributed by atoms with Gasteiger partial charge < -0.3 is 15.5 Å². The third-order valence-electron chi connectivity index (χ3n) is 6.73. The van der Waals surface area contributed by atoms with E-state index in [1.165, 1.54) is 5.56 Å². The Hall–Kier alpha value is -3.15. The van der Waals surface area contributed by atoms with Gasteiger partial charge in [0, 0.05) is 37.7 Å². The molecule has 1 aliphatic rings. The maximum Gasteiger partial charge on any atom is 0.251 e. The predicted octanol–water partition coefficient (Wildman–Crippen LogP) is 4.41. The Bertz CT molecular complexity index is 988. The normalized spacial score (nSPS) is 15.4. The largest absolute Gasteiger partial charge is 0.353 e. The summed E-state index contributed by atoms with van der Waals surface area (Å²) in [5.41, 5.74) is 2.86. The van der Waals surface area contributed by atoms with Crippen LogP contribution < -0.4 is 10.6 Å². The van der Waals surface area contributed by atoms with Crippen molar-refractivity contribution in [3.63, 3.8) is 0 Å². The molecule has 0 aromatic heterocycles. The lowest BCUT2D eigenvalue weighted by Gasteiger charge is -2.34. The van der Waals surface area contributed by atoms with Crippen LogP contribution in [0.1, 0.15) is 80.8 Å². The van der Waals surface area contributed by atoms with E-state index in [0.29, 0.717) is 18.7 Å². The molecule has 1 saturated heterocycles. The molecule has 2 N–H and O–H groups in total. The van der Waals surface area contributed by atoms with Gasteiger partial charge in [-0.15, -0.1) is 0 Å². The van der Waals surface area contributed by atoms with Gasteiger partial charge in [-0.25, -0.2) is 0 Å². The molecule has 6 heteroatoms. The van der Waals surface area contributed by atoms with E-state index in [-0.39, 0.29) is 48.1 Å². The molecule has 1 aliphatic heterocycles. The molecule has 6 nitrogen and oxygen atoms in total. The van der Waals surface area contributed by atoms with Crippen molar-refractivity contribution in [3.05, 3.63) is 71.3 Å². The highest BCUT2D eigenvalue weighted by Crippen LogP contribution is 2.24. The number of hydrogen-bond acceptors (Lipinski definition) is 3. The van der Waals surface area contributed by atoms with Crippen molar-refractivity contribution in [1.29, 1.82) is 0 Å². The molecule has 35 heavy (non-hydrogen) atoms. The molecule has 0 radical (unpaired) electrons. The highest BCUT2D eigenvalue weighted by atomic mass is 16.2. The Balaban J connectivity index is 1.38. The van der Waals surface area contributed by atoms with Crippen LogP contribution >= 0.6 is 0 Å². The molecule has 3 rings (SSSR count). The SMILES string of the molecule is CCC(C(=O)N1CCC(NC(=O)CCNC(=O)c2ccc(C(C)(C)C)cc2)CC1)c1ccccc1. The first-order valence-electron chi connectivity index (χ1n) is 12.7. The van der Waals surface area contributed by atoms with Crippen LogP contribution in [0.25, 0.3) is 0 Å². The second-order valence-corrected chi connectivity index (χ2v) is 10.4. The van der Waals surface area contributed by atoms with Gasteiger partial charge in [0.1, 0.15) is 0 Å². The van der Waals surface area contributed by atoms with E-state index in [1.54, 1.807) is 0 Å². The summed E-state index contributed by atoms with van der Waals surface area (Å²) in [6.45, 7) is 10.0. The highest BCUT2D eigenvalue weighted by molar-refractivity contribution is 5.94. The van der Waals surface area contributed by atoms with Gasteiger partial charge in [-0.3, -0.25) is 14.4 Å². The second kappa shape index (κ2) is 12.0. The summed E-state index contributed by atoms with van der Waals surface area (Å²) in [5, 5.41) is 5.89. The van der Waals surface area contributed by atoms with Gasteiger partial charge in [-0.05, 0) is 47.9 Å². The average molecular weight is 478 g/mol. The van der Waals surface area contributed by atoms with Gasteiger partial charge in [0.15, 0.2) is 0 Å². The van der Waals surface area contributed by atoms with Crippen molar-refractivity contribution in [2.45, 2.75) is 70.8 Å². The Morgan fingerprint density at radius 3 is 2.17 bits per heavy atom. The molecule has 2 aromatic rings. The zero-order chi connectivity index (χ0) is 25.4. The van der Waals surface area contributed by atoms with E-state index < -0.39 is 0 Å². The van der Waals surface area contributed by atoms with Crippen LogP contribution in [-0.2, 0) is 15.0 Å². The fourth-order valence-electron chi connectivity index (χ4n) is 4.52. The molecule has 0 aliphatic carbocycles. The van der Waals surface area contributed by atoms with Gasteiger partial charge in [-0.1, -0.05) is 70.2 Å². The minimum atomic E-state index is -0.172. The van der Waals surface area contributed by atoms with Crippen LogP contribution in [-0.4, -0.2) is 48.3 Å². The maximum absolute atomic E-state index is 13.0. The first-order chi connectivity index (χ1) is 16.7. The third-order valence-corrected chi connectivity index (χ3v) is 6.73. The number of carbonyl (C=O) groups excluding carboxylic acids is 3. The third kappa shape index (κ3) is 7.41. The summed E-state index contributed by atoms with van der Waals surface area (Å²) < 4.78 is 0. The van der Waals surface area contributed by atoms with E-state index in [4.69, 9.17) is 0 Å². The topological polar surface area (TPSA) is 78.5 Å². The van der Waals surface area contributed by atoms with Gasteiger partial charge in [0.05, 0.1) is 5.92 Å². The van der Waals surface area contributed by atoms with Crippen LogP contribution in [0, 0.1) is 0 Å². The van der Waals surface area contributed by atoms with E-state index >= 15 is 0 Å². The summed E-state index contributed by atoms with van der Waals surface area (Å²) in [6, 6.07) is 17.6. The quantitative estimate of drug-likeness (QED) is 0.591. The lowest BCUT2D eigenvalue weighted by Crippen LogP contribution is -2.48. The number of hydrogen-bond donors (Lipinski definition) is 2. The number of benzene rings is 2. The van der Waals surface area contributed by atoms with Crippen LogP contribution in [0.4, 0.5) is 0 Å². The van der Waals surface area contributed by atoms with Crippen LogP contribution in [0.15, 0.2) is 54.6 Å². The Labute approximate surface area is 209 Å². The van der Waals surface area contributed by atoms with Crippen molar-refractivity contribution < 1.29 is 14.4 Å². The van der Waals surface area contributed by atoms with Crippen molar-refractivity contribution in [3.8, 4) is 0 Å². The number of nitrogens with one attached hydrogen (secondary N) is 2. The molecular weight excluding hydrogens is 438 g/mol. The standard InChI is InChI=1S/C29H39N3O3/c1-5-25(21-9-7-6-8-10-21)28(35)32-19-16-24(17-20-32)31-26(33)15-18-30-27(34)22-11-13-23(14-12-22)29(2,3)4/h6-14,24-25H,5,15-20H2,1-4H3,(H,30,34)(H,31,33). The second-order valence-electron chi connectivity index (χ2n) is 10.4. The summed E-state index contributed by atoms with van der Waals surface area (Å²) >= 11 is 0. The van der Waals surface area contributed by atoms with Crippen molar-refractivity contribution in [2.24, 2.45) is 0 Å². The smallest absolute Gasteiger partial charge is 0.251 e. The molecule has 1 heterocycles. The van der Waals surface area contributed by atoms with Gasteiger partial charge in [0.25, 0.3) is 5.91 Å². The fraction of sp³-hybridized carbons (Fsp3) is 0.483. The molecule has 1 fully saturated rings. The van der Waals surface area contributed by atoms with Gasteiger partial charge in [0.2, 0.25) is 11.8 Å². The predicted molar refractivity (Wildman–Crippen MR) is 139 cm³/mol. The summed E-state index contributed by atoms with van der Waals surface area (Å²) in [7, 11) is 0. The molecule has 188 valence electrons. The minimum absolute atomic E-state index is 0.0378. The molecule has 1 unspecified atom stereocenters. The lowest BCUT2D eigenvalue weighted by atomic mass is 9.87. The molecule has 0 bridgehead atoms. The average Bonchev–Trinajstić information content (AvgIpc) is 2.85. The number of rotatable bonds is 8. The van der Waals surface area contributed by atoms with Crippen molar-refractivity contribution >= 4 is 17.7 Å². The summed E-state index contributed by atoms with van der Waals surface area (Å²) in [4.78, 5) is 39.7. The van der Waals surface area contributed by atoms with Gasteiger partial charge >= 0.3 is 0 Å². The lowest BCUT2D eigenvalue weighted by molar-refractivity contribution is -0.134. The minimum Gasteiger partial charge on any atom is -0.353 e. The number of amides is 3. The van der Waals surface area contributed by atoms with Crippen molar-refractivity contribution in [1.82, 2.24) is 15.5 Å². The number of nitrogens with zero attached hydrogens (tertiary/aromatic N) is 1. The zero-order valence-corrected chi connectivity index (χ0v) is 21.5. The molecule has 0 spiro atoms. The molecule has 2 aromatic carbocycles. The number of carbonyl (C=O) groups is 3. The zero-order valence-electron chi connectivity index (χ0n) is 21.5. The van der Waals surface area contributed by atoms with Crippen molar-refractivity contribution in [2.75, 3.05) is 19.6 Å². The summed E-state index contributed by atoms with van der Waals surface area (Å²) in [6.07, 6.45) is 2.49. The molecular formula is C29H39N3O3. The Kier molecular flexibility index (Phi) is 9.07. The summed E-state index contributed by atoms with van der Waals surface area (Å²) in [5.74, 6) is -0.194. The number of piperidine rings is 1.